The van der Waals surface area contributed by atoms with Gasteiger partial charge >= 0.3 is 0 Å². The molecule has 6 aliphatic rings. The summed E-state index contributed by atoms with van der Waals surface area (Å²) in [6.07, 6.45) is 12.4. The fraction of sp³-hybridized carbons (Fsp3) is 0.700. The average Bonchev–Trinajstić information content (AvgIpc) is 3.30. The van der Waals surface area contributed by atoms with E-state index in [4.69, 9.17) is 0 Å². The number of hydrogen-bond donors (Lipinski definition) is 0. The molecule has 4 bridgehead atoms. The Morgan fingerprint density at radius 2 is 1.32 bits per heavy atom. The van der Waals surface area contributed by atoms with E-state index in [1.807, 2.05) is 0 Å². The van der Waals surface area contributed by atoms with E-state index in [1.54, 1.807) is 23.3 Å². The van der Waals surface area contributed by atoms with E-state index < -0.39 is 0 Å². The van der Waals surface area contributed by atoms with E-state index in [-0.39, 0.29) is 23.4 Å². The van der Waals surface area contributed by atoms with E-state index >= 15 is 0 Å². The normalized spacial score (nSPS) is 49.6. The second-order valence-electron chi connectivity index (χ2n) is 8.70. The first-order valence-corrected chi connectivity index (χ1v) is 9.22. The van der Waals surface area contributed by atoms with Crippen molar-refractivity contribution in [1.29, 1.82) is 0 Å². The molecule has 0 aromatic rings. The highest BCUT2D eigenvalue weighted by atomic mass is 16.1. The number of allylic oxidation sites excluding steroid dienone is 4. The number of ketones is 2. The topological polar surface area (TPSA) is 34.1 Å². The monoisotopic (exact) mass is 294 g/mol. The van der Waals surface area contributed by atoms with Crippen LogP contribution in [0.1, 0.15) is 44.9 Å². The molecule has 1 spiro atoms. The summed E-state index contributed by atoms with van der Waals surface area (Å²) >= 11 is 0. The Hall–Kier alpha value is -1.18. The molecule has 0 aromatic heterocycles. The molecule has 3 saturated carbocycles. The van der Waals surface area contributed by atoms with Gasteiger partial charge in [-0.15, -0.1) is 0 Å². The predicted octanol–water partition coefficient (Wildman–Crippen LogP) is 3.47. The van der Waals surface area contributed by atoms with Gasteiger partial charge in [-0.25, -0.2) is 0 Å². The van der Waals surface area contributed by atoms with Crippen molar-refractivity contribution in [2.45, 2.75) is 44.9 Å². The fourth-order valence-corrected chi connectivity index (χ4v) is 7.94. The van der Waals surface area contributed by atoms with Crippen molar-refractivity contribution in [2.75, 3.05) is 0 Å². The van der Waals surface area contributed by atoms with Crippen LogP contribution < -0.4 is 0 Å². The Morgan fingerprint density at radius 3 is 1.82 bits per heavy atom. The van der Waals surface area contributed by atoms with Gasteiger partial charge in [0.2, 0.25) is 0 Å². The van der Waals surface area contributed by atoms with Crippen molar-refractivity contribution in [3.63, 3.8) is 0 Å². The first-order chi connectivity index (χ1) is 10.7. The highest BCUT2D eigenvalue weighted by molar-refractivity contribution is 6.08. The molecule has 2 heteroatoms. The first kappa shape index (κ1) is 12.3. The molecule has 0 radical (unpaired) electrons. The largest absolute Gasteiger partial charge is 0.294 e. The SMILES string of the molecule is O=C1C=CC(=O)C2C1C1C3=C(C4CCC3C4)C2C12CCCC2. The van der Waals surface area contributed by atoms with Crippen molar-refractivity contribution in [1.82, 2.24) is 0 Å². The number of carbonyl (C=O) groups is 2. The van der Waals surface area contributed by atoms with Gasteiger partial charge < -0.3 is 0 Å². The lowest BCUT2D eigenvalue weighted by atomic mass is 9.67. The molecule has 0 aromatic carbocycles. The summed E-state index contributed by atoms with van der Waals surface area (Å²) in [5.74, 6) is 2.96. The molecule has 6 atom stereocenters. The molecule has 0 saturated heterocycles. The van der Waals surface area contributed by atoms with Gasteiger partial charge in [0.05, 0.1) is 0 Å². The van der Waals surface area contributed by atoms with Crippen molar-refractivity contribution in [3.8, 4) is 0 Å². The summed E-state index contributed by atoms with van der Waals surface area (Å²) in [5.41, 5.74) is 3.72. The molecular formula is C20H22O2. The van der Waals surface area contributed by atoms with Crippen LogP contribution in [0.25, 0.3) is 0 Å². The Bertz CT molecular complexity index is 626. The number of fused-ring (bicyclic) bond motifs is 9. The molecule has 6 rings (SSSR count). The Morgan fingerprint density at radius 1 is 0.818 bits per heavy atom. The molecule has 0 N–H and O–H groups in total. The van der Waals surface area contributed by atoms with Gasteiger partial charge in [-0.3, -0.25) is 9.59 Å². The predicted molar refractivity (Wildman–Crippen MR) is 81.9 cm³/mol. The second kappa shape index (κ2) is 3.66. The maximum absolute atomic E-state index is 12.7. The van der Waals surface area contributed by atoms with E-state index in [0.717, 1.165) is 11.8 Å². The fourth-order valence-electron chi connectivity index (χ4n) is 7.94. The average molecular weight is 294 g/mol. The lowest BCUT2D eigenvalue weighted by Crippen LogP contribution is -2.38. The van der Waals surface area contributed by atoms with Crippen LogP contribution in [0.2, 0.25) is 0 Å². The molecule has 2 nitrogen and oxygen atoms in total. The lowest BCUT2D eigenvalue weighted by molar-refractivity contribution is -0.129. The summed E-state index contributed by atoms with van der Waals surface area (Å²) in [7, 11) is 0. The summed E-state index contributed by atoms with van der Waals surface area (Å²) in [5, 5.41) is 0. The molecule has 6 unspecified atom stereocenters. The number of carbonyl (C=O) groups excluding carboxylic acids is 2. The standard InChI is InChI=1S/C20H22O2/c21-12-5-6-13(22)17-16(12)18-14-10-3-4-11(9-10)15(14)19(17)20(18)7-1-2-8-20/h5-6,10-11,16-19H,1-4,7-9H2. The summed E-state index contributed by atoms with van der Waals surface area (Å²) in [6.45, 7) is 0. The van der Waals surface area contributed by atoms with Crippen molar-refractivity contribution in [3.05, 3.63) is 23.3 Å². The smallest absolute Gasteiger partial charge is 0.160 e. The first-order valence-electron chi connectivity index (χ1n) is 9.22. The van der Waals surface area contributed by atoms with Crippen LogP contribution in [-0.2, 0) is 9.59 Å². The summed E-state index contributed by atoms with van der Waals surface area (Å²) < 4.78 is 0. The Balaban J connectivity index is 1.60. The third-order valence-corrected chi connectivity index (χ3v) is 8.26. The highest BCUT2D eigenvalue weighted by Crippen LogP contribution is 2.77. The van der Waals surface area contributed by atoms with Gasteiger partial charge in [0.15, 0.2) is 11.6 Å². The van der Waals surface area contributed by atoms with Crippen LogP contribution in [-0.4, -0.2) is 11.6 Å². The Labute approximate surface area is 131 Å². The zero-order chi connectivity index (χ0) is 14.6. The van der Waals surface area contributed by atoms with Gasteiger partial charge in [-0.2, -0.15) is 0 Å². The van der Waals surface area contributed by atoms with Crippen LogP contribution in [0.3, 0.4) is 0 Å². The van der Waals surface area contributed by atoms with Crippen molar-refractivity contribution >= 4 is 11.6 Å². The highest BCUT2D eigenvalue weighted by Gasteiger charge is 2.72. The van der Waals surface area contributed by atoms with E-state index in [2.05, 4.69) is 0 Å². The van der Waals surface area contributed by atoms with Gasteiger partial charge in [-0.05, 0) is 73.3 Å². The summed E-state index contributed by atoms with van der Waals surface area (Å²) in [6, 6.07) is 0. The van der Waals surface area contributed by atoms with E-state index in [1.165, 1.54) is 44.9 Å². The maximum atomic E-state index is 12.7. The number of rotatable bonds is 0. The molecule has 0 aliphatic heterocycles. The molecule has 6 aliphatic carbocycles. The second-order valence-corrected chi connectivity index (χ2v) is 8.70. The maximum Gasteiger partial charge on any atom is 0.160 e. The zero-order valence-electron chi connectivity index (χ0n) is 12.9. The van der Waals surface area contributed by atoms with Crippen LogP contribution in [0.15, 0.2) is 23.3 Å². The van der Waals surface area contributed by atoms with Gasteiger partial charge in [0.25, 0.3) is 0 Å². The molecule has 0 heterocycles. The van der Waals surface area contributed by atoms with Gasteiger partial charge in [0, 0.05) is 11.8 Å². The quantitative estimate of drug-likeness (QED) is 0.641. The van der Waals surface area contributed by atoms with Crippen molar-refractivity contribution < 1.29 is 9.59 Å². The zero-order valence-corrected chi connectivity index (χ0v) is 12.9. The van der Waals surface area contributed by atoms with Crippen LogP contribution in [0.5, 0.6) is 0 Å². The summed E-state index contributed by atoms with van der Waals surface area (Å²) in [4.78, 5) is 25.4. The van der Waals surface area contributed by atoms with Gasteiger partial charge in [-0.1, -0.05) is 24.0 Å². The third-order valence-electron chi connectivity index (χ3n) is 8.26. The number of hydrogen-bond acceptors (Lipinski definition) is 2. The van der Waals surface area contributed by atoms with Crippen LogP contribution in [0, 0.1) is 40.9 Å². The minimum Gasteiger partial charge on any atom is -0.294 e. The van der Waals surface area contributed by atoms with Crippen LogP contribution in [0.4, 0.5) is 0 Å². The molecule has 22 heavy (non-hydrogen) atoms. The molecule has 3 fully saturated rings. The minimum atomic E-state index is 0.0127. The van der Waals surface area contributed by atoms with Crippen LogP contribution >= 0.6 is 0 Å². The van der Waals surface area contributed by atoms with E-state index in [0.29, 0.717) is 17.3 Å². The van der Waals surface area contributed by atoms with Crippen molar-refractivity contribution in [2.24, 2.45) is 40.9 Å². The molecule has 114 valence electrons. The minimum absolute atomic E-state index is 0.0127. The Kier molecular flexibility index (Phi) is 2.04. The molecular weight excluding hydrogens is 272 g/mol. The van der Waals surface area contributed by atoms with E-state index in [9.17, 15) is 9.59 Å². The lowest BCUT2D eigenvalue weighted by Gasteiger charge is -2.35. The van der Waals surface area contributed by atoms with Gasteiger partial charge in [0.1, 0.15) is 0 Å². The molecule has 0 amide bonds. The third kappa shape index (κ3) is 1.10.